The normalized spacial score (nSPS) is 20.7. The van der Waals surface area contributed by atoms with E-state index in [0.717, 1.165) is 35.8 Å². The Labute approximate surface area is 157 Å². The molecule has 0 unspecified atom stereocenters. The topological polar surface area (TPSA) is 67.3 Å². The van der Waals surface area contributed by atoms with Gasteiger partial charge in [-0.2, -0.15) is 5.10 Å². The summed E-state index contributed by atoms with van der Waals surface area (Å²) in [5.41, 5.74) is 2.82. The molecule has 0 bridgehead atoms. The van der Waals surface area contributed by atoms with Gasteiger partial charge in [-0.3, -0.25) is 4.90 Å². The first-order valence-corrected chi connectivity index (χ1v) is 9.07. The average molecular weight is 373 g/mol. The first-order valence-electron chi connectivity index (χ1n) is 8.69. The third kappa shape index (κ3) is 3.67. The van der Waals surface area contributed by atoms with Gasteiger partial charge in [0.25, 0.3) is 0 Å². The molecule has 2 atom stereocenters. The van der Waals surface area contributed by atoms with Crippen molar-refractivity contribution in [1.29, 1.82) is 0 Å². The van der Waals surface area contributed by atoms with Gasteiger partial charge in [0.1, 0.15) is 5.76 Å². The molecule has 1 aromatic carbocycles. The van der Waals surface area contributed by atoms with Crippen LogP contribution in [0.3, 0.4) is 0 Å². The van der Waals surface area contributed by atoms with E-state index in [2.05, 4.69) is 15.2 Å². The van der Waals surface area contributed by atoms with Gasteiger partial charge in [0.15, 0.2) is 0 Å². The summed E-state index contributed by atoms with van der Waals surface area (Å²) >= 11 is 6.24. The lowest BCUT2D eigenvalue weighted by Crippen LogP contribution is -2.21. The summed E-state index contributed by atoms with van der Waals surface area (Å²) in [4.78, 5) is 2.24. The smallest absolute Gasteiger partial charge is 0.137 e. The second-order valence-electron chi connectivity index (χ2n) is 6.90. The Balaban J connectivity index is 1.40. The highest BCUT2D eigenvalue weighted by Crippen LogP contribution is 2.24. The summed E-state index contributed by atoms with van der Waals surface area (Å²) < 4.78 is 7.08. The Morgan fingerprint density at radius 1 is 1.31 bits per heavy atom. The van der Waals surface area contributed by atoms with Crippen LogP contribution in [0.25, 0.3) is 5.69 Å². The fourth-order valence-corrected chi connectivity index (χ4v) is 3.73. The molecule has 1 aliphatic rings. The fourth-order valence-electron chi connectivity index (χ4n) is 3.51. The predicted molar refractivity (Wildman–Crippen MR) is 98.3 cm³/mol. The molecule has 0 saturated carbocycles. The van der Waals surface area contributed by atoms with Crippen LogP contribution in [0.2, 0.25) is 5.02 Å². The number of aliphatic hydroxyl groups excluding tert-OH is 1. The van der Waals surface area contributed by atoms with Gasteiger partial charge in [0.2, 0.25) is 0 Å². The maximum absolute atomic E-state index is 10.4. The maximum Gasteiger partial charge on any atom is 0.137 e. The number of rotatable bonds is 5. The van der Waals surface area contributed by atoms with Crippen LogP contribution in [0.4, 0.5) is 0 Å². The zero-order valence-corrected chi connectivity index (χ0v) is 15.3. The van der Waals surface area contributed by atoms with Gasteiger partial charge in [-0.15, -0.1) is 0 Å². The van der Waals surface area contributed by atoms with Gasteiger partial charge in [0.05, 0.1) is 28.7 Å². The number of halogens is 1. The zero-order chi connectivity index (χ0) is 18.1. The summed E-state index contributed by atoms with van der Waals surface area (Å²) in [6.07, 6.45) is 4.18. The summed E-state index contributed by atoms with van der Waals surface area (Å²) in [6.45, 7) is 4.11. The van der Waals surface area contributed by atoms with Crippen molar-refractivity contribution < 1.29 is 9.63 Å². The van der Waals surface area contributed by atoms with E-state index in [1.807, 2.05) is 49.6 Å². The van der Waals surface area contributed by atoms with Gasteiger partial charge in [-0.25, -0.2) is 4.68 Å². The number of aliphatic hydroxyl groups is 1. The molecule has 1 saturated heterocycles. The number of β-amino-alcohol motifs (C(OH)–C–C–N with tert-alkyl or cyclic N) is 1. The fraction of sp³-hybridized carbons (Fsp3) is 0.368. The van der Waals surface area contributed by atoms with Crippen LogP contribution in [-0.2, 0) is 13.0 Å². The minimum absolute atomic E-state index is 0.154. The van der Waals surface area contributed by atoms with Crippen LogP contribution >= 0.6 is 11.6 Å². The minimum atomic E-state index is -0.362. The van der Waals surface area contributed by atoms with Crippen molar-refractivity contribution in [2.75, 3.05) is 13.1 Å². The van der Waals surface area contributed by atoms with Crippen molar-refractivity contribution in [3.05, 3.63) is 64.8 Å². The van der Waals surface area contributed by atoms with E-state index in [9.17, 15) is 5.11 Å². The predicted octanol–water partition coefficient (Wildman–Crippen LogP) is 2.86. The molecule has 7 heteroatoms. The van der Waals surface area contributed by atoms with E-state index >= 15 is 0 Å². The second kappa shape index (κ2) is 7.23. The van der Waals surface area contributed by atoms with Crippen LogP contribution in [0.15, 0.2) is 47.2 Å². The molecule has 4 rings (SSSR count). The van der Waals surface area contributed by atoms with Crippen molar-refractivity contribution in [3.8, 4) is 5.69 Å². The number of para-hydroxylation sites is 1. The van der Waals surface area contributed by atoms with Gasteiger partial charge in [0, 0.05) is 49.8 Å². The molecule has 3 heterocycles. The molecular formula is C19H21ClN4O2. The van der Waals surface area contributed by atoms with Crippen LogP contribution in [0, 0.1) is 12.8 Å². The summed E-state index contributed by atoms with van der Waals surface area (Å²) in [5, 5.41) is 19.4. The summed E-state index contributed by atoms with van der Waals surface area (Å²) in [6, 6.07) is 9.56. The Hall–Kier alpha value is -2.15. The standard InChI is InChI=1S/C19H21ClN4O2/c1-13-6-16(26-22-13)7-15-11-23(12-19(15)25)9-14-8-21-24(10-14)18-5-3-2-4-17(18)20/h2-6,8,10,15,19,25H,7,9,11-12H2,1H3/t15-,19+/m1/s1. The highest BCUT2D eigenvalue weighted by Gasteiger charge is 2.32. The molecule has 1 N–H and O–H groups in total. The van der Waals surface area contributed by atoms with Gasteiger partial charge in [-0.1, -0.05) is 28.9 Å². The van der Waals surface area contributed by atoms with E-state index in [4.69, 9.17) is 16.1 Å². The van der Waals surface area contributed by atoms with Crippen molar-refractivity contribution in [2.45, 2.75) is 26.0 Å². The van der Waals surface area contributed by atoms with Crippen LogP contribution in [0.5, 0.6) is 0 Å². The quantitative estimate of drug-likeness (QED) is 0.746. The third-order valence-corrected chi connectivity index (χ3v) is 5.08. The molecule has 0 radical (unpaired) electrons. The Kier molecular flexibility index (Phi) is 4.80. The monoisotopic (exact) mass is 372 g/mol. The van der Waals surface area contributed by atoms with Gasteiger partial charge in [-0.05, 0) is 19.1 Å². The first kappa shape index (κ1) is 17.3. The number of nitrogens with zero attached hydrogens (tertiary/aromatic N) is 4. The lowest BCUT2D eigenvalue weighted by molar-refractivity contribution is 0.137. The highest BCUT2D eigenvalue weighted by molar-refractivity contribution is 6.32. The summed E-state index contributed by atoms with van der Waals surface area (Å²) in [7, 11) is 0. The lowest BCUT2D eigenvalue weighted by Gasteiger charge is -2.13. The number of likely N-dealkylation sites (tertiary alicyclic amines) is 1. The SMILES string of the molecule is Cc1cc(C[C@@H]2CN(Cc3cnn(-c4ccccc4Cl)c3)C[C@@H]2O)on1. The zero-order valence-electron chi connectivity index (χ0n) is 14.5. The molecule has 2 aromatic heterocycles. The van der Waals surface area contributed by atoms with Crippen molar-refractivity contribution >= 4 is 11.6 Å². The largest absolute Gasteiger partial charge is 0.391 e. The molecule has 0 aliphatic carbocycles. The van der Waals surface area contributed by atoms with E-state index in [1.54, 1.807) is 4.68 Å². The van der Waals surface area contributed by atoms with Crippen molar-refractivity contribution in [2.24, 2.45) is 5.92 Å². The molecule has 136 valence electrons. The molecule has 26 heavy (non-hydrogen) atoms. The third-order valence-electron chi connectivity index (χ3n) is 4.76. The molecule has 0 amide bonds. The van der Waals surface area contributed by atoms with Gasteiger partial charge >= 0.3 is 0 Å². The Bertz CT molecular complexity index is 891. The van der Waals surface area contributed by atoms with E-state index in [-0.39, 0.29) is 12.0 Å². The van der Waals surface area contributed by atoms with Crippen LogP contribution in [0.1, 0.15) is 17.0 Å². The number of aromatic nitrogens is 3. The molecule has 3 aromatic rings. The Morgan fingerprint density at radius 3 is 2.92 bits per heavy atom. The van der Waals surface area contributed by atoms with E-state index in [0.29, 0.717) is 18.0 Å². The van der Waals surface area contributed by atoms with Crippen molar-refractivity contribution in [1.82, 2.24) is 19.8 Å². The number of hydrogen-bond donors (Lipinski definition) is 1. The molecule has 1 aliphatic heterocycles. The average Bonchev–Trinajstić information content (AvgIpc) is 3.31. The van der Waals surface area contributed by atoms with E-state index < -0.39 is 0 Å². The molecule has 0 spiro atoms. The maximum atomic E-state index is 10.4. The van der Waals surface area contributed by atoms with Gasteiger partial charge < -0.3 is 9.63 Å². The number of aryl methyl sites for hydroxylation is 1. The van der Waals surface area contributed by atoms with E-state index in [1.165, 1.54) is 0 Å². The van der Waals surface area contributed by atoms with Crippen LogP contribution in [-0.4, -0.2) is 44.1 Å². The molecular weight excluding hydrogens is 352 g/mol. The Morgan fingerprint density at radius 2 is 2.15 bits per heavy atom. The second-order valence-corrected chi connectivity index (χ2v) is 7.31. The summed E-state index contributed by atoms with van der Waals surface area (Å²) in [5.74, 6) is 0.987. The first-order chi connectivity index (χ1) is 12.6. The highest BCUT2D eigenvalue weighted by atomic mass is 35.5. The van der Waals surface area contributed by atoms with Crippen molar-refractivity contribution in [3.63, 3.8) is 0 Å². The minimum Gasteiger partial charge on any atom is -0.391 e. The lowest BCUT2D eigenvalue weighted by atomic mass is 10.0. The number of benzene rings is 1. The molecule has 1 fully saturated rings. The van der Waals surface area contributed by atoms with Crippen LogP contribution < -0.4 is 0 Å². The number of hydrogen-bond acceptors (Lipinski definition) is 5. The molecule has 6 nitrogen and oxygen atoms in total.